The van der Waals surface area contributed by atoms with E-state index >= 15 is 0 Å². The molecule has 0 amide bonds. The highest BCUT2D eigenvalue weighted by Gasteiger charge is 2.31. The summed E-state index contributed by atoms with van der Waals surface area (Å²) in [6, 6.07) is 10.2. The van der Waals surface area contributed by atoms with Crippen molar-refractivity contribution in [1.29, 1.82) is 0 Å². The first-order chi connectivity index (χ1) is 9.25. The van der Waals surface area contributed by atoms with Gasteiger partial charge in [-0.1, -0.05) is 36.8 Å². The van der Waals surface area contributed by atoms with E-state index in [2.05, 4.69) is 17.2 Å². The van der Waals surface area contributed by atoms with Crippen molar-refractivity contribution in [3.05, 3.63) is 58.4 Å². The smallest absolute Gasteiger partial charge is 0.258 e. The zero-order valence-electron chi connectivity index (χ0n) is 10.5. The SMILES string of the molecule is O=[N+]([O-])c1cnn(C(c2ccccc2)C2CCC2)c1. The van der Waals surface area contributed by atoms with Gasteiger partial charge < -0.3 is 0 Å². The van der Waals surface area contributed by atoms with Crippen LogP contribution >= 0.6 is 0 Å². The van der Waals surface area contributed by atoms with Crippen LogP contribution < -0.4 is 0 Å². The van der Waals surface area contributed by atoms with Crippen molar-refractivity contribution in [3.63, 3.8) is 0 Å². The third-order valence-electron chi connectivity index (χ3n) is 3.82. The van der Waals surface area contributed by atoms with Gasteiger partial charge in [0.25, 0.3) is 0 Å². The second-order valence-electron chi connectivity index (χ2n) is 4.98. The Kier molecular flexibility index (Phi) is 3.03. The minimum atomic E-state index is -0.397. The van der Waals surface area contributed by atoms with Gasteiger partial charge in [-0.3, -0.25) is 14.8 Å². The molecule has 0 radical (unpaired) electrons. The summed E-state index contributed by atoms with van der Waals surface area (Å²) in [6.07, 6.45) is 6.42. The van der Waals surface area contributed by atoms with Crippen molar-refractivity contribution in [1.82, 2.24) is 9.78 Å². The molecule has 3 rings (SSSR count). The molecule has 1 aromatic heterocycles. The number of aromatic nitrogens is 2. The van der Waals surface area contributed by atoms with E-state index < -0.39 is 4.92 Å². The van der Waals surface area contributed by atoms with E-state index in [1.165, 1.54) is 24.4 Å². The minimum Gasteiger partial charge on any atom is -0.258 e. The van der Waals surface area contributed by atoms with Crippen LogP contribution in [0, 0.1) is 16.0 Å². The van der Waals surface area contributed by atoms with Crippen LogP contribution in [0.1, 0.15) is 30.9 Å². The van der Waals surface area contributed by atoms with Gasteiger partial charge in [0.05, 0.1) is 11.0 Å². The van der Waals surface area contributed by atoms with E-state index in [1.807, 2.05) is 18.2 Å². The molecule has 1 saturated carbocycles. The topological polar surface area (TPSA) is 61.0 Å². The van der Waals surface area contributed by atoms with Crippen LogP contribution in [0.25, 0.3) is 0 Å². The molecule has 1 unspecified atom stereocenters. The van der Waals surface area contributed by atoms with Crippen molar-refractivity contribution < 1.29 is 4.92 Å². The molecule has 5 nitrogen and oxygen atoms in total. The summed E-state index contributed by atoms with van der Waals surface area (Å²) in [4.78, 5) is 10.4. The first kappa shape index (κ1) is 11.9. The van der Waals surface area contributed by atoms with E-state index in [4.69, 9.17) is 0 Å². The molecular formula is C14H15N3O2. The Morgan fingerprint density at radius 2 is 2.05 bits per heavy atom. The molecule has 0 bridgehead atoms. The quantitative estimate of drug-likeness (QED) is 0.624. The summed E-state index contributed by atoms with van der Waals surface area (Å²) >= 11 is 0. The van der Waals surface area contributed by atoms with E-state index in [0.717, 1.165) is 12.8 Å². The fourth-order valence-electron chi connectivity index (χ4n) is 2.62. The monoisotopic (exact) mass is 257 g/mol. The van der Waals surface area contributed by atoms with Crippen LogP contribution in [0.5, 0.6) is 0 Å². The van der Waals surface area contributed by atoms with Crippen LogP contribution in [0.2, 0.25) is 0 Å². The first-order valence-corrected chi connectivity index (χ1v) is 6.49. The minimum absolute atomic E-state index is 0.0558. The second-order valence-corrected chi connectivity index (χ2v) is 4.98. The zero-order chi connectivity index (χ0) is 13.2. The van der Waals surface area contributed by atoms with Crippen molar-refractivity contribution in [2.45, 2.75) is 25.3 Å². The van der Waals surface area contributed by atoms with E-state index in [0.29, 0.717) is 5.92 Å². The van der Waals surface area contributed by atoms with E-state index in [1.54, 1.807) is 4.68 Å². The van der Waals surface area contributed by atoms with Crippen LogP contribution in [0.15, 0.2) is 42.7 Å². The average molecular weight is 257 g/mol. The fraction of sp³-hybridized carbons (Fsp3) is 0.357. The van der Waals surface area contributed by atoms with Gasteiger partial charge in [0.1, 0.15) is 12.4 Å². The number of nitro groups is 1. The predicted molar refractivity (Wildman–Crippen MR) is 70.8 cm³/mol. The Labute approximate surface area is 111 Å². The molecule has 19 heavy (non-hydrogen) atoms. The highest BCUT2D eigenvalue weighted by atomic mass is 16.6. The lowest BCUT2D eigenvalue weighted by Gasteiger charge is -2.34. The lowest BCUT2D eigenvalue weighted by molar-refractivity contribution is -0.385. The standard InChI is InChI=1S/C14H15N3O2/c18-17(19)13-9-15-16(10-13)14(12-7-4-8-12)11-5-2-1-3-6-11/h1-3,5-6,9-10,12,14H,4,7-8H2. The molecular weight excluding hydrogens is 242 g/mol. The average Bonchev–Trinajstić information content (AvgIpc) is 2.84. The number of hydrogen-bond acceptors (Lipinski definition) is 3. The summed E-state index contributed by atoms with van der Waals surface area (Å²) in [5, 5.41) is 15.0. The molecule has 0 aliphatic heterocycles. The number of hydrogen-bond donors (Lipinski definition) is 0. The maximum atomic E-state index is 10.8. The maximum Gasteiger partial charge on any atom is 0.307 e. The summed E-state index contributed by atoms with van der Waals surface area (Å²) in [5.41, 5.74) is 1.23. The molecule has 1 atom stereocenters. The molecule has 5 heteroatoms. The highest BCUT2D eigenvalue weighted by Crippen LogP contribution is 2.40. The second kappa shape index (κ2) is 4.84. The van der Waals surface area contributed by atoms with Crippen LogP contribution in [-0.4, -0.2) is 14.7 Å². The van der Waals surface area contributed by atoms with Gasteiger partial charge in [0.15, 0.2) is 0 Å². The van der Waals surface area contributed by atoms with Gasteiger partial charge in [-0.05, 0) is 24.3 Å². The van der Waals surface area contributed by atoms with Crippen LogP contribution in [0.4, 0.5) is 5.69 Å². The van der Waals surface area contributed by atoms with Gasteiger partial charge in [0, 0.05) is 0 Å². The summed E-state index contributed by atoms with van der Waals surface area (Å²) in [5.74, 6) is 0.530. The molecule has 1 aliphatic carbocycles. The summed E-state index contributed by atoms with van der Waals surface area (Å²) < 4.78 is 1.75. The molecule has 1 aromatic carbocycles. The molecule has 1 heterocycles. The molecule has 0 spiro atoms. The molecule has 2 aromatic rings. The van der Waals surface area contributed by atoms with Gasteiger partial charge in [-0.15, -0.1) is 0 Å². The normalized spacial score (nSPS) is 16.8. The number of nitrogens with zero attached hydrogens (tertiary/aromatic N) is 3. The van der Waals surface area contributed by atoms with Gasteiger partial charge >= 0.3 is 5.69 Å². The van der Waals surface area contributed by atoms with E-state index in [-0.39, 0.29) is 11.7 Å². The third kappa shape index (κ3) is 2.23. The molecule has 1 fully saturated rings. The first-order valence-electron chi connectivity index (χ1n) is 6.49. The lowest BCUT2D eigenvalue weighted by atomic mass is 9.77. The molecule has 0 N–H and O–H groups in total. The largest absolute Gasteiger partial charge is 0.307 e. The fourth-order valence-corrected chi connectivity index (χ4v) is 2.62. The summed E-state index contributed by atoms with van der Waals surface area (Å²) in [6.45, 7) is 0. The van der Waals surface area contributed by atoms with Gasteiger partial charge in [-0.2, -0.15) is 5.10 Å². The molecule has 98 valence electrons. The Hall–Kier alpha value is -2.17. The zero-order valence-corrected chi connectivity index (χ0v) is 10.5. The van der Waals surface area contributed by atoms with E-state index in [9.17, 15) is 10.1 Å². The molecule has 1 aliphatic rings. The lowest BCUT2D eigenvalue weighted by Crippen LogP contribution is -2.26. The Balaban J connectivity index is 1.96. The van der Waals surface area contributed by atoms with Gasteiger partial charge in [0.2, 0.25) is 0 Å². The van der Waals surface area contributed by atoms with Crippen LogP contribution in [-0.2, 0) is 0 Å². The predicted octanol–water partition coefficient (Wildman–Crippen LogP) is 3.18. The van der Waals surface area contributed by atoms with Crippen molar-refractivity contribution in [3.8, 4) is 0 Å². The molecule has 0 saturated heterocycles. The van der Waals surface area contributed by atoms with Crippen molar-refractivity contribution in [2.24, 2.45) is 5.92 Å². The third-order valence-corrected chi connectivity index (χ3v) is 3.82. The number of benzene rings is 1. The van der Waals surface area contributed by atoms with Crippen molar-refractivity contribution >= 4 is 5.69 Å². The highest BCUT2D eigenvalue weighted by molar-refractivity contribution is 5.25. The van der Waals surface area contributed by atoms with Crippen LogP contribution in [0.3, 0.4) is 0 Å². The maximum absolute atomic E-state index is 10.8. The van der Waals surface area contributed by atoms with Crippen molar-refractivity contribution in [2.75, 3.05) is 0 Å². The van der Waals surface area contributed by atoms with Gasteiger partial charge in [-0.25, -0.2) is 0 Å². The Morgan fingerprint density at radius 1 is 1.32 bits per heavy atom. The Bertz CT molecular complexity index is 575. The Morgan fingerprint density at radius 3 is 2.58 bits per heavy atom. The number of rotatable bonds is 4. The summed E-state index contributed by atoms with van der Waals surface area (Å²) in [7, 11) is 0.